The summed E-state index contributed by atoms with van der Waals surface area (Å²) in [4.78, 5) is 91.0. The summed E-state index contributed by atoms with van der Waals surface area (Å²) in [6.07, 6.45) is 2.01. The lowest BCUT2D eigenvalue weighted by atomic mass is 9.75. The molecule has 354 valence electrons. The molecular weight excluding hydrogens is 862 g/mol. The Hall–Kier alpha value is -6.27. The van der Waals surface area contributed by atoms with Gasteiger partial charge >= 0.3 is 12.1 Å². The number of ether oxygens (including phenoxy) is 1. The molecular formula is C47H57F3N8O8. The van der Waals surface area contributed by atoms with Gasteiger partial charge in [-0.15, -0.1) is 0 Å². The van der Waals surface area contributed by atoms with E-state index in [0.29, 0.717) is 62.9 Å². The quantitative estimate of drug-likeness (QED) is 0.0691. The number of carbonyl (C=O) groups excluding carboxylic acids is 7. The number of likely N-dealkylation sites (N-methyl/N-ethyl adjacent to an activating group) is 1. The smallest absolute Gasteiger partial charge is 0.435 e. The van der Waals surface area contributed by atoms with E-state index in [0.717, 1.165) is 46.5 Å². The first-order valence-corrected chi connectivity index (χ1v) is 22.7. The largest absolute Gasteiger partial charge is 0.461 e. The number of nitrogens with one attached hydrogen (secondary N) is 3. The van der Waals surface area contributed by atoms with Gasteiger partial charge in [-0.1, -0.05) is 39.2 Å². The van der Waals surface area contributed by atoms with Crippen LogP contribution in [0.15, 0.2) is 36.4 Å². The zero-order valence-electron chi connectivity index (χ0n) is 37.5. The Balaban J connectivity index is 0.794. The molecule has 5 N–H and O–H groups in total. The second kappa shape index (κ2) is 19.7. The Morgan fingerprint density at radius 3 is 2.38 bits per heavy atom. The van der Waals surface area contributed by atoms with Crippen LogP contribution in [-0.4, -0.2) is 99.2 Å². The summed E-state index contributed by atoms with van der Waals surface area (Å²) in [5.41, 5.74) is 6.52. The van der Waals surface area contributed by atoms with E-state index in [4.69, 9.17) is 10.5 Å². The van der Waals surface area contributed by atoms with E-state index in [1.165, 1.54) is 25.2 Å². The second-order valence-corrected chi connectivity index (χ2v) is 18.6. The SMILES string of the molecule is CN1C(=O)CCC(N2Cc3c(NCCCCCCCC(=O)NCC(=O)OC4CCC(Nc5cc(-n6nc(C(F)(F)F)c7c6CC(C)(C)CC7=O)ccc5C(N)=O)CC4)cccc3C2=O)C1=O. The minimum absolute atomic E-state index is 0.0400. The zero-order chi connectivity index (χ0) is 47.5. The molecule has 2 aromatic carbocycles. The summed E-state index contributed by atoms with van der Waals surface area (Å²) in [6.45, 7) is 4.36. The molecule has 19 heteroatoms. The van der Waals surface area contributed by atoms with E-state index in [-0.39, 0.29) is 84.9 Å². The fourth-order valence-corrected chi connectivity index (χ4v) is 9.51. The highest BCUT2D eigenvalue weighted by molar-refractivity contribution is 6.06. The number of nitrogens with two attached hydrogens (primary N) is 1. The van der Waals surface area contributed by atoms with Crippen molar-refractivity contribution in [2.24, 2.45) is 11.1 Å². The zero-order valence-corrected chi connectivity index (χ0v) is 37.5. The highest BCUT2D eigenvalue weighted by atomic mass is 19.4. The van der Waals surface area contributed by atoms with Gasteiger partial charge in [0.1, 0.15) is 18.7 Å². The number of esters is 1. The topological polar surface area (TPSA) is 215 Å². The highest BCUT2D eigenvalue weighted by Gasteiger charge is 2.46. The number of primary amides is 1. The molecule has 0 spiro atoms. The third-order valence-corrected chi connectivity index (χ3v) is 13.0. The first kappa shape index (κ1) is 47.7. The molecule has 0 radical (unpaired) electrons. The number of ketones is 1. The number of alkyl halides is 3. The van der Waals surface area contributed by atoms with Crippen LogP contribution in [0.5, 0.6) is 0 Å². The van der Waals surface area contributed by atoms with E-state index in [2.05, 4.69) is 21.0 Å². The number of Topliss-reactive ketones (excluding diaryl/α,β-unsaturated/α-hetero) is 1. The molecule has 1 saturated carbocycles. The molecule has 66 heavy (non-hydrogen) atoms. The molecule has 2 fully saturated rings. The molecule has 1 aromatic heterocycles. The number of carbonyl (C=O) groups is 7. The average molecular weight is 919 g/mol. The number of imide groups is 1. The third-order valence-electron chi connectivity index (χ3n) is 13.0. The van der Waals surface area contributed by atoms with E-state index in [1.807, 2.05) is 26.0 Å². The number of halogens is 3. The molecule has 4 aliphatic rings. The van der Waals surface area contributed by atoms with Crippen LogP contribution >= 0.6 is 0 Å². The van der Waals surface area contributed by atoms with Gasteiger partial charge in [0.25, 0.3) is 17.7 Å². The predicted molar refractivity (Wildman–Crippen MR) is 236 cm³/mol. The van der Waals surface area contributed by atoms with Gasteiger partial charge in [0, 0.05) is 67.9 Å². The number of nitrogens with zero attached hydrogens (tertiary/aromatic N) is 4. The van der Waals surface area contributed by atoms with Crippen molar-refractivity contribution in [3.63, 3.8) is 0 Å². The number of hydrogen-bond donors (Lipinski definition) is 4. The number of aromatic nitrogens is 2. The molecule has 1 unspecified atom stereocenters. The van der Waals surface area contributed by atoms with Crippen LogP contribution in [0, 0.1) is 5.41 Å². The number of rotatable bonds is 17. The van der Waals surface area contributed by atoms with Crippen molar-refractivity contribution in [3.8, 4) is 5.69 Å². The van der Waals surface area contributed by atoms with Gasteiger partial charge in [0.05, 0.1) is 22.5 Å². The molecule has 1 saturated heterocycles. The first-order chi connectivity index (χ1) is 31.3. The van der Waals surface area contributed by atoms with Gasteiger partial charge in [-0.25, -0.2) is 4.68 Å². The van der Waals surface area contributed by atoms with Crippen molar-refractivity contribution in [1.82, 2.24) is 24.9 Å². The van der Waals surface area contributed by atoms with Gasteiger partial charge in [0.2, 0.25) is 11.8 Å². The van der Waals surface area contributed by atoms with Crippen molar-refractivity contribution in [3.05, 3.63) is 70.0 Å². The van der Waals surface area contributed by atoms with Crippen molar-refractivity contribution in [1.29, 1.82) is 0 Å². The standard InChI is InChI=1S/C47H57F3N8O8/c1-46(2)23-36-41(37(59)24-46)42(47(48,49)50)55-58(36)28-15-18-31(43(51)63)34(22-28)54-27-13-16-29(17-14-27)66-40(62)25-53-38(60)12-7-5-4-6-8-21-52-33-11-9-10-30-32(33)26-57(44(30)64)35-19-20-39(61)56(3)45(35)65/h9-11,15,18,22,27,29,35,52,54H,4-8,12-14,16-17,19-21,23-26H2,1-3H3,(H2,51,63)(H,53,60). The van der Waals surface area contributed by atoms with Gasteiger partial charge < -0.3 is 31.3 Å². The van der Waals surface area contributed by atoms with Crippen molar-refractivity contribution >= 4 is 52.7 Å². The summed E-state index contributed by atoms with van der Waals surface area (Å²) >= 11 is 0. The molecule has 2 aliphatic heterocycles. The lowest BCUT2D eigenvalue weighted by molar-refractivity contribution is -0.151. The molecule has 3 heterocycles. The number of piperidine rings is 1. The summed E-state index contributed by atoms with van der Waals surface area (Å²) in [6, 6.07) is 9.05. The second-order valence-electron chi connectivity index (χ2n) is 18.6. The van der Waals surface area contributed by atoms with Crippen LogP contribution in [0.25, 0.3) is 5.69 Å². The number of hydrogen-bond acceptors (Lipinski definition) is 11. The minimum Gasteiger partial charge on any atom is -0.461 e. The highest BCUT2D eigenvalue weighted by Crippen LogP contribution is 2.42. The minimum atomic E-state index is -4.84. The van der Waals surface area contributed by atoms with Crippen LogP contribution < -0.4 is 21.7 Å². The number of amides is 5. The van der Waals surface area contributed by atoms with Crippen molar-refractivity contribution < 1.29 is 51.5 Å². The van der Waals surface area contributed by atoms with Gasteiger partial charge in [-0.2, -0.15) is 18.3 Å². The maximum atomic E-state index is 14.1. The van der Waals surface area contributed by atoms with Gasteiger partial charge in [-0.05, 0) is 87.1 Å². The molecule has 1 atom stereocenters. The monoisotopic (exact) mass is 918 g/mol. The maximum absolute atomic E-state index is 14.1. The number of likely N-dealkylation sites (tertiary alicyclic amines) is 1. The Morgan fingerprint density at radius 2 is 1.65 bits per heavy atom. The summed E-state index contributed by atoms with van der Waals surface area (Å²) in [5, 5.41) is 13.2. The normalized spacial score (nSPS) is 20.5. The van der Waals surface area contributed by atoms with Crippen LogP contribution in [0.4, 0.5) is 24.5 Å². The molecule has 7 rings (SSSR count). The summed E-state index contributed by atoms with van der Waals surface area (Å²) in [7, 11) is 1.45. The molecule has 3 aromatic rings. The first-order valence-electron chi connectivity index (χ1n) is 22.7. The Labute approximate surface area is 380 Å². The Morgan fingerprint density at radius 1 is 0.924 bits per heavy atom. The predicted octanol–water partition coefficient (Wildman–Crippen LogP) is 6.08. The molecule has 16 nitrogen and oxygen atoms in total. The fourth-order valence-electron chi connectivity index (χ4n) is 9.51. The van der Waals surface area contributed by atoms with Crippen LogP contribution in [0.1, 0.15) is 145 Å². The molecule has 5 amide bonds. The average Bonchev–Trinajstić information content (AvgIpc) is 3.81. The lowest BCUT2D eigenvalue weighted by Gasteiger charge is -2.33. The van der Waals surface area contributed by atoms with Crippen LogP contribution in [-0.2, 0) is 43.1 Å². The number of unbranched alkanes of at least 4 members (excludes halogenated alkanes) is 4. The van der Waals surface area contributed by atoms with Crippen LogP contribution in [0.2, 0.25) is 0 Å². The van der Waals surface area contributed by atoms with Crippen molar-refractivity contribution in [2.75, 3.05) is 30.8 Å². The van der Waals surface area contributed by atoms with Gasteiger partial charge in [0.15, 0.2) is 11.5 Å². The van der Waals surface area contributed by atoms with Crippen molar-refractivity contribution in [2.45, 2.75) is 135 Å². The molecule has 2 aliphatic carbocycles. The number of anilines is 2. The number of fused-ring (bicyclic) bond motifs is 2. The Bertz CT molecular complexity index is 2410. The lowest BCUT2D eigenvalue weighted by Crippen LogP contribution is -2.53. The van der Waals surface area contributed by atoms with Crippen LogP contribution in [0.3, 0.4) is 0 Å². The van der Waals surface area contributed by atoms with E-state index >= 15 is 0 Å². The maximum Gasteiger partial charge on any atom is 0.435 e. The fraction of sp³-hybridized carbons (Fsp3) is 0.532. The van der Waals surface area contributed by atoms with Gasteiger partial charge in [-0.3, -0.25) is 38.5 Å². The van der Waals surface area contributed by atoms with E-state index < -0.39 is 46.6 Å². The molecule has 0 bridgehead atoms. The Kier molecular flexibility index (Phi) is 14.2. The van der Waals surface area contributed by atoms with E-state index in [9.17, 15) is 46.7 Å². The number of benzene rings is 2. The van der Waals surface area contributed by atoms with E-state index in [1.54, 1.807) is 11.0 Å². The third kappa shape index (κ3) is 10.7. The summed E-state index contributed by atoms with van der Waals surface area (Å²) < 4.78 is 49.0. The summed E-state index contributed by atoms with van der Waals surface area (Å²) in [5.74, 6) is -2.95.